The van der Waals surface area contributed by atoms with E-state index in [1.54, 1.807) is 0 Å². The second kappa shape index (κ2) is 9.09. The minimum Gasteiger partial charge on any atom is -0.396 e. The van der Waals surface area contributed by atoms with E-state index >= 15 is 0 Å². The molecule has 0 aromatic heterocycles. The number of urea groups is 1. The van der Waals surface area contributed by atoms with Gasteiger partial charge in [0.05, 0.1) is 0 Å². The summed E-state index contributed by atoms with van der Waals surface area (Å²) in [7, 11) is 0. The topological polar surface area (TPSA) is 55.8 Å². The van der Waals surface area contributed by atoms with E-state index in [0.717, 1.165) is 64.8 Å². The van der Waals surface area contributed by atoms with Crippen LogP contribution in [0.25, 0.3) is 0 Å². The molecule has 1 aromatic rings. The van der Waals surface area contributed by atoms with Crippen molar-refractivity contribution in [2.45, 2.75) is 32.1 Å². The lowest BCUT2D eigenvalue weighted by Crippen LogP contribution is -2.44. The van der Waals surface area contributed by atoms with Gasteiger partial charge in [-0.2, -0.15) is 0 Å². The third-order valence-corrected chi connectivity index (χ3v) is 5.67. The summed E-state index contributed by atoms with van der Waals surface area (Å²) in [5.41, 5.74) is 1.24. The second-order valence-electron chi connectivity index (χ2n) is 7.42. The van der Waals surface area contributed by atoms with Crippen molar-refractivity contribution in [3.63, 3.8) is 0 Å². The minimum atomic E-state index is 0.0826. The molecule has 5 nitrogen and oxygen atoms in total. The number of rotatable bonds is 4. The first-order valence-corrected chi connectivity index (χ1v) is 9.70. The summed E-state index contributed by atoms with van der Waals surface area (Å²) >= 11 is 0. The molecule has 0 unspecified atom stereocenters. The molecule has 3 rings (SSSR count). The Labute approximate surface area is 151 Å². The zero-order valence-electron chi connectivity index (χ0n) is 15.1. The van der Waals surface area contributed by atoms with Crippen LogP contribution in [0.1, 0.15) is 32.1 Å². The Morgan fingerprint density at radius 3 is 2.44 bits per heavy atom. The molecule has 0 radical (unpaired) electrons. The molecule has 1 aromatic carbocycles. The summed E-state index contributed by atoms with van der Waals surface area (Å²) in [4.78, 5) is 16.8. The maximum absolute atomic E-state index is 12.5. The zero-order chi connectivity index (χ0) is 17.5. The highest BCUT2D eigenvalue weighted by Crippen LogP contribution is 2.27. The fourth-order valence-corrected chi connectivity index (χ4v) is 3.98. The van der Waals surface area contributed by atoms with Gasteiger partial charge >= 0.3 is 6.03 Å². The third kappa shape index (κ3) is 5.11. The minimum absolute atomic E-state index is 0.0826. The predicted octanol–water partition coefficient (Wildman–Crippen LogP) is 2.71. The number of para-hydroxylation sites is 1. The summed E-state index contributed by atoms with van der Waals surface area (Å²) < 4.78 is 0. The van der Waals surface area contributed by atoms with Crippen molar-refractivity contribution >= 4 is 11.7 Å². The van der Waals surface area contributed by atoms with Gasteiger partial charge in [-0.15, -0.1) is 0 Å². The van der Waals surface area contributed by atoms with E-state index in [0.29, 0.717) is 18.4 Å². The highest BCUT2D eigenvalue weighted by atomic mass is 16.3. The van der Waals surface area contributed by atoms with Gasteiger partial charge in [0.1, 0.15) is 0 Å². The van der Waals surface area contributed by atoms with Crippen LogP contribution in [0.15, 0.2) is 30.3 Å². The van der Waals surface area contributed by atoms with Crippen molar-refractivity contribution in [1.82, 2.24) is 10.2 Å². The summed E-state index contributed by atoms with van der Waals surface area (Å²) in [6, 6.07) is 10.5. The number of aliphatic hydroxyl groups is 1. The first-order chi connectivity index (χ1) is 12.3. The second-order valence-corrected chi connectivity index (χ2v) is 7.42. The van der Waals surface area contributed by atoms with Gasteiger partial charge in [-0.25, -0.2) is 4.79 Å². The van der Waals surface area contributed by atoms with Gasteiger partial charge in [0, 0.05) is 45.0 Å². The van der Waals surface area contributed by atoms with Crippen LogP contribution < -0.4 is 10.2 Å². The van der Waals surface area contributed by atoms with Gasteiger partial charge < -0.3 is 20.2 Å². The van der Waals surface area contributed by atoms with Gasteiger partial charge in [-0.3, -0.25) is 0 Å². The van der Waals surface area contributed by atoms with Gasteiger partial charge in [0.25, 0.3) is 0 Å². The van der Waals surface area contributed by atoms with Crippen LogP contribution in [0, 0.1) is 11.8 Å². The molecular formula is C20H31N3O2. The molecule has 1 aliphatic heterocycles. The van der Waals surface area contributed by atoms with Gasteiger partial charge in [-0.1, -0.05) is 18.2 Å². The quantitative estimate of drug-likeness (QED) is 0.882. The molecule has 25 heavy (non-hydrogen) atoms. The Morgan fingerprint density at radius 2 is 1.72 bits per heavy atom. The number of anilines is 1. The molecule has 2 N–H and O–H groups in total. The molecule has 0 atom stereocenters. The molecule has 5 heteroatoms. The zero-order valence-corrected chi connectivity index (χ0v) is 15.1. The lowest BCUT2D eigenvalue weighted by atomic mass is 9.82. The number of carbonyl (C=O) groups is 1. The van der Waals surface area contributed by atoms with Crippen LogP contribution in [0.4, 0.5) is 10.5 Å². The number of amides is 2. The van der Waals surface area contributed by atoms with Crippen LogP contribution in [0.5, 0.6) is 0 Å². The maximum atomic E-state index is 12.5. The van der Waals surface area contributed by atoms with Crippen molar-refractivity contribution < 1.29 is 9.90 Å². The number of benzene rings is 1. The number of hydrogen-bond acceptors (Lipinski definition) is 3. The van der Waals surface area contributed by atoms with E-state index in [2.05, 4.69) is 34.5 Å². The lowest BCUT2D eigenvalue weighted by molar-refractivity contribution is 0.163. The van der Waals surface area contributed by atoms with E-state index < -0.39 is 0 Å². The van der Waals surface area contributed by atoms with Crippen LogP contribution in [-0.2, 0) is 0 Å². The van der Waals surface area contributed by atoms with E-state index in [1.165, 1.54) is 5.69 Å². The monoisotopic (exact) mass is 345 g/mol. The maximum Gasteiger partial charge on any atom is 0.317 e. The first kappa shape index (κ1) is 18.1. The number of nitrogens with zero attached hydrogens (tertiary/aromatic N) is 2. The Bertz CT molecular complexity index is 529. The van der Waals surface area contributed by atoms with E-state index in [9.17, 15) is 9.90 Å². The standard InChI is InChI=1S/C20H31N3O2/c24-16-18-9-7-17(8-10-18)15-21-20(25)23-12-4-11-22(13-14-23)19-5-2-1-3-6-19/h1-3,5-6,17-18,24H,4,7-16H2,(H,21,25). The summed E-state index contributed by atoms with van der Waals surface area (Å²) in [5, 5.41) is 12.4. The molecule has 1 saturated heterocycles. The molecule has 2 fully saturated rings. The average Bonchev–Trinajstić information content (AvgIpc) is 2.93. The van der Waals surface area contributed by atoms with Gasteiger partial charge in [0.15, 0.2) is 0 Å². The first-order valence-electron chi connectivity index (χ1n) is 9.70. The molecule has 138 valence electrons. The summed E-state index contributed by atoms with van der Waals surface area (Å²) in [6.07, 6.45) is 5.42. The van der Waals surface area contributed by atoms with E-state index in [4.69, 9.17) is 0 Å². The van der Waals surface area contributed by atoms with Crippen molar-refractivity contribution in [3.05, 3.63) is 30.3 Å². The highest BCUT2D eigenvalue weighted by Gasteiger charge is 2.23. The molecule has 1 aliphatic carbocycles. The molecule has 0 spiro atoms. The van der Waals surface area contributed by atoms with E-state index in [-0.39, 0.29) is 6.03 Å². The molecule has 1 saturated carbocycles. The van der Waals surface area contributed by atoms with Crippen molar-refractivity contribution in [3.8, 4) is 0 Å². The van der Waals surface area contributed by atoms with Crippen LogP contribution >= 0.6 is 0 Å². The molecule has 0 bridgehead atoms. The number of nitrogens with one attached hydrogen (secondary N) is 1. The summed E-state index contributed by atoms with van der Waals surface area (Å²) in [6.45, 7) is 4.57. The van der Waals surface area contributed by atoms with E-state index in [1.807, 2.05) is 11.0 Å². The van der Waals surface area contributed by atoms with Crippen LogP contribution in [0.3, 0.4) is 0 Å². The molecular weight excluding hydrogens is 314 g/mol. The predicted molar refractivity (Wildman–Crippen MR) is 101 cm³/mol. The lowest BCUT2D eigenvalue weighted by Gasteiger charge is -2.28. The van der Waals surface area contributed by atoms with Gasteiger partial charge in [0.2, 0.25) is 0 Å². The van der Waals surface area contributed by atoms with Gasteiger partial charge in [-0.05, 0) is 56.1 Å². The Morgan fingerprint density at radius 1 is 1.00 bits per heavy atom. The Kier molecular flexibility index (Phi) is 6.56. The van der Waals surface area contributed by atoms with Crippen LogP contribution in [0.2, 0.25) is 0 Å². The number of aliphatic hydroxyl groups excluding tert-OH is 1. The smallest absolute Gasteiger partial charge is 0.317 e. The fourth-order valence-electron chi connectivity index (χ4n) is 3.98. The Hall–Kier alpha value is -1.75. The SMILES string of the molecule is O=C(NCC1CCC(CO)CC1)N1CCCN(c2ccccc2)CC1. The fraction of sp³-hybridized carbons (Fsp3) is 0.650. The molecule has 1 heterocycles. The summed E-state index contributed by atoms with van der Waals surface area (Å²) in [5.74, 6) is 1.04. The normalized spacial score (nSPS) is 24.7. The number of carbonyl (C=O) groups excluding carboxylic acids is 1. The average molecular weight is 345 g/mol. The van der Waals surface area contributed by atoms with Crippen molar-refractivity contribution in [2.75, 3.05) is 44.2 Å². The molecule has 2 aliphatic rings. The Balaban J connectivity index is 1.42. The molecule has 2 amide bonds. The van der Waals surface area contributed by atoms with Crippen molar-refractivity contribution in [2.24, 2.45) is 11.8 Å². The largest absolute Gasteiger partial charge is 0.396 e. The van der Waals surface area contributed by atoms with Crippen LogP contribution in [-0.4, -0.2) is 55.4 Å². The van der Waals surface area contributed by atoms with Crippen molar-refractivity contribution in [1.29, 1.82) is 0 Å². The highest BCUT2D eigenvalue weighted by molar-refractivity contribution is 5.74. The third-order valence-electron chi connectivity index (χ3n) is 5.67. The number of hydrogen-bond donors (Lipinski definition) is 2.